The quantitative estimate of drug-likeness (QED) is 0.275. The molecule has 2 aromatic carbocycles. The number of allylic oxidation sites excluding steroid dienone is 1. The van der Waals surface area contributed by atoms with Crippen molar-refractivity contribution in [3.8, 4) is 0 Å². The van der Waals surface area contributed by atoms with Gasteiger partial charge in [-0.05, 0) is 68.0 Å². The van der Waals surface area contributed by atoms with Gasteiger partial charge in [-0.15, -0.1) is 0 Å². The molecule has 0 aliphatic heterocycles. The first kappa shape index (κ1) is 23.4. The van der Waals surface area contributed by atoms with Crippen LogP contribution in [0.25, 0.3) is 22.6 Å². The van der Waals surface area contributed by atoms with E-state index in [9.17, 15) is 14.4 Å². The minimum atomic E-state index is -0.549. The summed E-state index contributed by atoms with van der Waals surface area (Å²) < 4.78 is 5.56. The highest BCUT2D eigenvalue weighted by molar-refractivity contribution is 6.09. The van der Waals surface area contributed by atoms with Crippen LogP contribution in [0.4, 0.5) is 0 Å². The average Bonchev–Trinajstić information content (AvgIpc) is 3.40. The second-order valence-electron chi connectivity index (χ2n) is 9.09. The van der Waals surface area contributed by atoms with Gasteiger partial charge in [-0.3, -0.25) is 9.59 Å². The number of carbonyl (C=O) groups is 3. The molecule has 6 nitrogen and oxygen atoms in total. The van der Waals surface area contributed by atoms with Crippen LogP contribution in [0.2, 0.25) is 0 Å². The van der Waals surface area contributed by atoms with Crippen molar-refractivity contribution in [3.05, 3.63) is 99.5 Å². The molecule has 4 aromatic rings. The maximum Gasteiger partial charge on any atom is 0.339 e. The highest BCUT2D eigenvalue weighted by Crippen LogP contribution is 2.37. The molecule has 1 aliphatic carbocycles. The van der Waals surface area contributed by atoms with Crippen molar-refractivity contribution >= 4 is 40.1 Å². The number of aromatic amines is 1. The molecule has 0 atom stereocenters. The zero-order valence-corrected chi connectivity index (χ0v) is 20.5. The predicted octanol–water partition coefficient (Wildman–Crippen LogP) is 5.91. The lowest BCUT2D eigenvalue weighted by atomic mass is 10.0. The van der Waals surface area contributed by atoms with Crippen molar-refractivity contribution in [2.75, 3.05) is 6.61 Å². The number of para-hydroxylation sites is 1. The van der Waals surface area contributed by atoms with Gasteiger partial charge in [-0.25, -0.2) is 9.78 Å². The van der Waals surface area contributed by atoms with E-state index in [1.165, 1.54) is 6.92 Å². The molecule has 0 saturated carbocycles. The summed E-state index contributed by atoms with van der Waals surface area (Å²) in [5.74, 6) is -1.04. The molecule has 0 saturated heterocycles. The lowest BCUT2D eigenvalue weighted by Crippen LogP contribution is -2.17. The van der Waals surface area contributed by atoms with E-state index in [0.717, 1.165) is 28.8 Å². The molecule has 1 aliphatic rings. The Morgan fingerprint density at radius 3 is 2.42 bits per heavy atom. The van der Waals surface area contributed by atoms with Crippen LogP contribution in [0.1, 0.15) is 72.6 Å². The van der Waals surface area contributed by atoms with Crippen LogP contribution in [0.3, 0.4) is 0 Å². The second kappa shape index (κ2) is 9.38. The Balaban J connectivity index is 1.48. The molecular formula is C30H26N2O4. The van der Waals surface area contributed by atoms with E-state index in [1.807, 2.05) is 54.6 Å². The minimum Gasteiger partial charge on any atom is -0.454 e. The lowest BCUT2D eigenvalue weighted by Gasteiger charge is -2.12. The van der Waals surface area contributed by atoms with Gasteiger partial charge >= 0.3 is 5.97 Å². The van der Waals surface area contributed by atoms with Gasteiger partial charge in [0.15, 0.2) is 12.4 Å². The number of ketones is 2. The van der Waals surface area contributed by atoms with E-state index in [2.05, 4.69) is 11.1 Å². The van der Waals surface area contributed by atoms with Crippen molar-refractivity contribution < 1.29 is 19.1 Å². The Hall–Kier alpha value is -4.32. The Bertz CT molecular complexity index is 1560. The van der Waals surface area contributed by atoms with Gasteiger partial charge in [-0.2, -0.15) is 0 Å². The molecule has 0 bridgehead atoms. The first-order valence-corrected chi connectivity index (χ1v) is 11.9. The zero-order valence-electron chi connectivity index (χ0n) is 20.5. The number of Topliss-reactive ketones (excluding diaryl/α,β-unsaturated/α-hetero) is 2. The van der Waals surface area contributed by atoms with Crippen molar-refractivity contribution in [2.24, 2.45) is 0 Å². The number of aryl methyl sites for hydroxylation is 1. The number of nitrogens with one attached hydrogen (secondary N) is 1. The van der Waals surface area contributed by atoms with E-state index in [1.54, 1.807) is 13.8 Å². The molecule has 6 heteroatoms. The van der Waals surface area contributed by atoms with Gasteiger partial charge < -0.3 is 9.72 Å². The van der Waals surface area contributed by atoms with Crippen molar-refractivity contribution in [1.29, 1.82) is 0 Å². The van der Waals surface area contributed by atoms with E-state index in [0.29, 0.717) is 45.4 Å². The lowest BCUT2D eigenvalue weighted by molar-refractivity contribution is 0.0474. The number of esters is 1. The number of hydrogen-bond donors (Lipinski definition) is 1. The smallest absolute Gasteiger partial charge is 0.339 e. The third-order valence-corrected chi connectivity index (χ3v) is 6.69. The third-order valence-electron chi connectivity index (χ3n) is 6.69. The van der Waals surface area contributed by atoms with Crippen LogP contribution in [-0.4, -0.2) is 34.1 Å². The zero-order chi connectivity index (χ0) is 25.4. The molecule has 5 rings (SSSR count). The standard InChI is InChI=1S/C30H26N2O4/c1-17-26(19(3)33)18(2)31-28(17)25(34)16-36-30(35)27-22-11-7-8-12-24(22)32-29-21(13-14-23(27)29)15-20-9-5-4-6-10-20/h4-12,15,31H,13-14,16H2,1-3H3. The largest absolute Gasteiger partial charge is 0.454 e. The molecular weight excluding hydrogens is 452 g/mol. The predicted molar refractivity (Wildman–Crippen MR) is 139 cm³/mol. The number of aromatic nitrogens is 2. The Labute approximate surface area is 209 Å². The van der Waals surface area contributed by atoms with E-state index in [-0.39, 0.29) is 11.6 Å². The summed E-state index contributed by atoms with van der Waals surface area (Å²) in [6.45, 7) is 4.51. The fraction of sp³-hybridized carbons (Fsp3) is 0.200. The molecule has 180 valence electrons. The summed E-state index contributed by atoms with van der Waals surface area (Å²) >= 11 is 0. The van der Waals surface area contributed by atoms with Crippen LogP contribution in [-0.2, 0) is 11.2 Å². The number of H-pyrrole nitrogens is 1. The van der Waals surface area contributed by atoms with Crippen molar-refractivity contribution in [3.63, 3.8) is 0 Å². The summed E-state index contributed by atoms with van der Waals surface area (Å²) in [6.07, 6.45) is 3.54. The minimum absolute atomic E-state index is 0.115. The van der Waals surface area contributed by atoms with Crippen LogP contribution in [0, 0.1) is 13.8 Å². The first-order chi connectivity index (χ1) is 17.3. The van der Waals surface area contributed by atoms with Crippen molar-refractivity contribution in [2.45, 2.75) is 33.6 Å². The van der Waals surface area contributed by atoms with E-state index in [4.69, 9.17) is 9.72 Å². The average molecular weight is 479 g/mol. The number of hydrogen-bond acceptors (Lipinski definition) is 5. The number of ether oxygens (including phenoxy) is 1. The summed E-state index contributed by atoms with van der Waals surface area (Å²) in [7, 11) is 0. The number of fused-ring (bicyclic) bond motifs is 2. The normalized spacial score (nSPS) is 13.7. The molecule has 2 heterocycles. The van der Waals surface area contributed by atoms with Crippen LogP contribution in [0.15, 0.2) is 54.6 Å². The maximum absolute atomic E-state index is 13.4. The van der Waals surface area contributed by atoms with E-state index >= 15 is 0 Å². The summed E-state index contributed by atoms with van der Waals surface area (Å²) in [5, 5.41) is 0.709. The molecule has 2 aromatic heterocycles. The van der Waals surface area contributed by atoms with Gasteiger partial charge in [-0.1, -0.05) is 48.5 Å². The van der Waals surface area contributed by atoms with Gasteiger partial charge in [0.2, 0.25) is 5.78 Å². The van der Waals surface area contributed by atoms with Gasteiger partial charge in [0.05, 0.1) is 22.5 Å². The highest BCUT2D eigenvalue weighted by atomic mass is 16.5. The number of nitrogens with zero attached hydrogens (tertiary/aromatic N) is 1. The van der Waals surface area contributed by atoms with Crippen LogP contribution in [0.5, 0.6) is 0 Å². The number of carbonyl (C=O) groups excluding carboxylic acids is 3. The number of benzene rings is 2. The molecule has 36 heavy (non-hydrogen) atoms. The second-order valence-corrected chi connectivity index (χ2v) is 9.09. The van der Waals surface area contributed by atoms with Gasteiger partial charge in [0.1, 0.15) is 0 Å². The molecule has 0 unspecified atom stereocenters. The molecule has 0 radical (unpaired) electrons. The Morgan fingerprint density at radius 1 is 0.972 bits per heavy atom. The fourth-order valence-corrected chi connectivity index (χ4v) is 5.10. The SMILES string of the molecule is CC(=O)c1c(C)[nH]c(C(=O)COC(=O)c2c3c(nc4ccccc24)C(=Cc2ccccc2)CC3)c1C. The molecule has 0 spiro atoms. The number of pyridine rings is 1. The van der Waals surface area contributed by atoms with Gasteiger partial charge in [0, 0.05) is 16.6 Å². The monoisotopic (exact) mass is 478 g/mol. The highest BCUT2D eigenvalue weighted by Gasteiger charge is 2.28. The summed E-state index contributed by atoms with van der Waals surface area (Å²) in [5.41, 5.74) is 6.96. The topological polar surface area (TPSA) is 89.1 Å². The number of rotatable bonds is 6. The maximum atomic E-state index is 13.4. The Morgan fingerprint density at radius 2 is 1.69 bits per heavy atom. The van der Waals surface area contributed by atoms with E-state index < -0.39 is 12.6 Å². The summed E-state index contributed by atoms with van der Waals surface area (Å²) in [4.78, 5) is 46.1. The fourth-order valence-electron chi connectivity index (χ4n) is 5.10. The van der Waals surface area contributed by atoms with Gasteiger partial charge in [0.25, 0.3) is 0 Å². The third kappa shape index (κ3) is 4.15. The molecule has 0 fully saturated rings. The first-order valence-electron chi connectivity index (χ1n) is 11.9. The summed E-state index contributed by atoms with van der Waals surface area (Å²) in [6, 6.07) is 17.5. The van der Waals surface area contributed by atoms with Crippen molar-refractivity contribution in [1.82, 2.24) is 9.97 Å². The van der Waals surface area contributed by atoms with Crippen LogP contribution < -0.4 is 0 Å². The molecule has 1 N–H and O–H groups in total. The van der Waals surface area contributed by atoms with Crippen LogP contribution >= 0.6 is 0 Å². The molecule has 0 amide bonds. The Kier molecular flexibility index (Phi) is 6.10.